The van der Waals surface area contributed by atoms with Crippen molar-refractivity contribution in [1.29, 1.82) is 0 Å². The first-order valence-electron chi connectivity index (χ1n) is 11.9. The highest BCUT2D eigenvalue weighted by molar-refractivity contribution is 5.56. The predicted molar refractivity (Wildman–Crippen MR) is 113 cm³/mol. The molecule has 0 aromatic carbocycles. The Hall–Kier alpha value is -1.25. The number of rotatable bonds is 3. The van der Waals surface area contributed by atoms with Crippen molar-refractivity contribution in [2.45, 2.75) is 83.1 Å². The van der Waals surface area contributed by atoms with Gasteiger partial charge in [0.2, 0.25) is 0 Å². The number of hydrogen-bond acceptors (Lipinski definition) is 3. The number of hydrogen-bond donors (Lipinski definition) is 0. The van der Waals surface area contributed by atoms with E-state index < -0.39 is 0 Å². The molecule has 2 saturated heterocycles. The third-order valence-corrected chi connectivity index (χ3v) is 8.19. The van der Waals surface area contributed by atoms with Crippen LogP contribution >= 0.6 is 0 Å². The third kappa shape index (κ3) is 3.59. The molecule has 3 unspecified atom stereocenters. The largest absolute Gasteiger partial charge is 0.371 e. The molecule has 148 valence electrons. The Morgan fingerprint density at radius 2 is 1.56 bits per heavy atom. The molecule has 3 heteroatoms. The number of fused-ring (bicyclic) bond motifs is 1. The van der Waals surface area contributed by atoms with Gasteiger partial charge in [-0.05, 0) is 62.3 Å². The van der Waals surface area contributed by atoms with Gasteiger partial charge in [0.15, 0.2) is 0 Å². The van der Waals surface area contributed by atoms with Gasteiger partial charge in [0.1, 0.15) is 5.82 Å². The molecule has 5 rings (SSSR count). The van der Waals surface area contributed by atoms with Crippen LogP contribution in [0.3, 0.4) is 0 Å². The number of aromatic nitrogens is 1. The van der Waals surface area contributed by atoms with Crippen LogP contribution in [0.25, 0.3) is 0 Å². The molecule has 27 heavy (non-hydrogen) atoms. The number of pyridine rings is 1. The lowest BCUT2D eigenvalue weighted by Crippen LogP contribution is -2.41. The predicted octanol–water partition coefficient (Wildman–Crippen LogP) is 5.65. The van der Waals surface area contributed by atoms with Crippen LogP contribution in [0.4, 0.5) is 11.5 Å². The van der Waals surface area contributed by atoms with Crippen molar-refractivity contribution in [2.75, 3.05) is 29.4 Å². The lowest BCUT2D eigenvalue weighted by Gasteiger charge is -2.42. The smallest absolute Gasteiger partial charge is 0.130 e. The molecule has 3 heterocycles. The third-order valence-electron chi connectivity index (χ3n) is 8.19. The molecule has 3 atom stereocenters. The highest BCUT2D eigenvalue weighted by Gasteiger charge is 2.44. The molecule has 4 fully saturated rings. The Bertz CT molecular complexity index is 618. The highest BCUT2D eigenvalue weighted by Crippen LogP contribution is 2.48. The molecule has 0 N–H and O–H groups in total. The second-order valence-electron chi connectivity index (χ2n) is 9.63. The summed E-state index contributed by atoms with van der Waals surface area (Å²) < 4.78 is 0. The molecular weight excluding hydrogens is 330 g/mol. The Morgan fingerprint density at radius 3 is 2.41 bits per heavy atom. The van der Waals surface area contributed by atoms with Gasteiger partial charge in [-0.2, -0.15) is 0 Å². The molecule has 0 spiro atoms. The molecule has 1 aromatic rings. The first kappa shape index (κ1) is 17.8. The van der Waals surface area contributed by atoms with Gasteiger partial charge in [0, 0.05) is 43.6 Å². The molecule has 3 nitrogen and oxygen atoms in total. The molecular formula is C24H37N3. The van der Waals surface area contributed by atoms with Crippen molar-refractivity contribution < 1.29 is 0 Å². The van der Waals surface area contributed by atoms with E-state index in [1.165, 1.54) is 108 Å². The van der Waals surface area contributed by atoms with Gasteiger partial charge in [-0.25, -0.2) is 4.98 Å². The fourth-order valence-electron chi connectivity index (χ4n) is 6.87. The van der Waals surface area contributed by atoms with Crippen molar-refractivity contribution in [1.82, 2.24) is 4.98 Å². The summed E-state index contributed by atoms with van der Waals surface area (Å²) >= 11 is 0. The molecule has 2 aliphatic carbocycles. The van der Waals surface area contributed by atoms with Gasteiger partial charge in [-0.3, -0.25) is 0 Å². The minimum atomic E-state index is 0.759. The summed E-state index contributed by atoms with van der Waals surface area (Å²) in [5, 5.41) is 0. The van der Waals surface area contributed by atoms with E-state index in [2.05, 4.69) is 28.1 Å². The van der Waals surface area contributed by atoms with E-state index in [9.17, 15) is 0 Å². The van der Waals surface area contributed by atoms with Crippen molar-refractivity contribution >= 4 is 11.5 Å². The zero-order valence-corrected chi connectivity index (χ0v) is 17.0. The molecule has 4 aliphatic rings. The maximum absolute atomic E-state index is 4.84. The topological polar surface area (TPSA) is 19.4 Å². The Balaban J connectivity index is 1.33. The number of nitrogens with zero attached hydrogens (tertiary/aromatic N) is 3. The molecule has 0 radical (unpaired) electrons. The van der Waals surface area contributed by atoms with E-state index in [1.807, 2.05) is 0 Å². The minimum Gasteiger partial charge on any atom is -0.371 e. The van der Waals surface area contributed by atoms with E-state index >= 15 is 0 Å². The second kappa shape index (κ2) is 8.01. The average molecular weight is 368 g/mol. The Morgan fingerprint density at radius 1 is 0.741 bits per heavy atom. The number of piperidine rings is 1. The van der Waals surface area contributed by atoms with E-state index in [4.69, 9.17) is 4.98 Å². The molecule has 1 aromatic heterocycles. The SMILES string of the molecule is c1cc(N2CCCCC2)cc(N2CCC3C(C4CCCCC4)CCCC32)n1. The lowest BCUT2D eigenvalue weighted by atomic mass is 9.66. The maximum atomic E-state index is 4.84. The van der Waals surface area contributed by atoms with Crippen molar-refractivity contribution in [3.8, 4) is 0 Å². The maximum Gasteiger partial charge on any atom is 0.130 e. The van der Waals surface area contributed by atoms with E-state index in [1.54, 1.807) is 0 Å². The summed E-state index contributed by atoms with van der Waals surface area (Å²) in [7, 11) is 0. The normalized spacial score (nSPS) is 32.5. The minimum absolute atomic E-state index is 0.759. The zero-order valence-electron chi connectivity index (χ0n) is 17.0. The van der Waals surface area contributed by atoms with Gasteiger partial charge in [-0.15, -0.1) is 0 Å². The van der Waals surface area contributed by atoms with Crippen molar-refractivity contribution in [3.63, 3.8) is 0 Å². The van der Waals surface area contributed by atoms with Crippen molar-refractivity contribution in [3.05, 3.63) is 18.3 Å². The van der Waals surface area contributed by atoms with E-state index in [0.29, 0.717) is 0 Å². The van der Waals surface area contributed by atoms with E-state index in [-0.39, 0.29) is 0 Å². The molecule has 0 bridgehead atoms. The lowest BCUT2D eigenvalue weighted by molar-refractivity contribution is 0.125. The first-order valence-corrected chi connectivity index (χ1v) is 11.9. The monoisotopic (exact) mass is 367 g/mol. The molecule has 0 amide bonds. The second-order valence-corrected chi connectivity index (χ2v) is 9.63. The summed E-state index contributed by atoms with van der Waals surface area (Å²) in [6.45, 7) is 3.67. The van der Waals surface area contributed by atoms with Crippen LogP contribution in [0.1, 0.15) is 77.0 Å². The van der Waals surface area contributed by atoms with E-state index in [0.717, 1.165) is 23.8 Å². The first-order chi connectivity index (χ1) is 13.4. The Kier molecular flexibility index (Phi) is 5.29. The van der Waals surface area contributed by atoms with Crippen LogP contribution in [0.15, 0.2) is 18.3 Å². The van der Waals surface area contributed by atoms with Crippen LogP contribution in [0, 0.1) is 17.8 Å². The summed E-state index contributed by atoms with van der Waals surface area (Å²) in [4.78, 5) is 10.1. The van der Waals surface area contributed by atoms with Crippen LogP contribution in [-0.2, 0) is 0 Å². The standard InChI is InChI=1S/C24H37N3/c1-3-8-19(9-4-1)21-10-7-11-23-22(21)13-17-27(23)24-18-20(12-14-25-24)26-15-5-2-6-16-26/h12,14,18-19,21-23H,1-11,13,15-17H2. The van der Waals surface area contributed by atoms with Crippen LogP contribution < -0.4 is 9.80 Å². The summed E-state index contributed by atoms with van der Waals surface area (Å²) in [6.07, 6.45) is 19.4. The summed E-state index contributed by atoms with van der Waals surface area (Å²) in [5.74, 6) is 4.22. The van der Waals surface area contributed by atoms with Gasteiger partial charge in [-0.1, -0.05) is 38.5 Å². The van der Waals surface area contributed by atoms with Gasteiger partial charge < -0.3 is 9.80 Å². The fourth-order valence-corrected chi connectivity index (χ4v) is 6.87. The Labute approximate surface area is 165 Å². The molecule has 2 saturated carbocycles. The van der Waals surface area contributed by atoms with Crippen LogP contribution in [-0.4, -0.2) is 30.7 Å². The summed E-state index contributed by atoms with van der Waals surface area (Å²) in [6, 6.07) is 5.39. The van der Waals surface area contributed by atoms with Crippen molar-refractivity contribution in [2.24, 2.45) is 17.8 Å². The zero-order chi connectivity index (χ0) is 18.1. The quantitative estimate of drug-likeness (QED) is 0.688. The van der Waals surface area contributed by atoms with Crippen LogP contribution in [0.2, 0.25) is 0 Å². The van der Waals surface area contributed by atoms with Gasteiger partial charge in [0.25, 0.3) is 0 Å². The average Bonchev–Trinajstić information content (AvgIpc) is 3.19. The van der Waals surface area contributed by atoms with Crippen LogP contribution in [0.5, 0.6) is 0 Å². The molecule has 2 aliphatic heterocycles. The van der Waals surface area contributed by atoms with Gasteiger partial charge in [0.05, 0.1) is 0 Å². The fraction of sp³-hybridized carbons (Fsp3) is 0.792. The number of anilines is 2. The highest BCUT2D eigenvalue weighted by atomic mass is 15.2. The summed E-state index contributed by atoms with van der Waals surface area (Å²) in [5.41, 5.74) is 1.41. The van der Waals surface area contributed by atoms with Gasteiger partial charge >= 0.3 is 0 Å².